The van der Waals surface area contributed by atoms with Crippen molar-refractivity contribution in [3.63, 3.8) is 0 Å². The van der Waals surface area contributed by atoms with Crippen molar-refractivity contribution in [3.8, 4) is 0 Å². The summed E-state index contributed by atoms with van der Waals surface area (Å²) in [7, 11) is -11.1. The van der Waals surface area contributed by atoms with Crippen molar-refractivity contribution in [2.45, 2.75) is 20.8 Å². The third-order valence-corrected chi connectivity index (χ3v) is 8.46. The van der Waals surface area contributed by atoms with Gasteiger partial charge in [-0.25, -0.2) is 25.3 Å². The summed E-state index contributed by atoms with van der Waals surface area (Å²) < 4.78 is 74.4. The fourth-order valence-corrected chi connectivity index (χ4v) is 4.94. The van der Waals surface area contributed by atoms with Gasteiger partial charge in [0.15, 0.2) is 0 Å². The Morgan fingerprint density at radius 3 is 0.905 bits per heavy atom. The molecule has 1 fully saturated rings. The normalized spacial score (nSPS) is 20.7. The Kier molecular flexibility index (Phi) is 5.78. The van der Waals surface area contributed by atoms with Crippen LogP contribution in [0.25, 0.3) is 0 Å². The van der Waals surface area contributed by atoms with Crippen molar-refractivity contribution in [1.29, 1.82) is 0 Å². The highest BCUT2D eigenvalue weighted by molar-refractivity contribution is 7.90. The van der Waals surface area contributed by atoms with Gasteiger partial charge in [-0.15, -0.1) is 0 Å². The van der Waals surface area contributed by atoms with E-state index in [0.717, 1.165) is 12.9 Å². The van der Waals surface area contributed by atoms with Gasteiger partial charge in [-0.2, -0.15) is 12.9 Å². The minimum absolute atomic E-state index is 0.229. The monoisotopic (exact) mass is 363 g/mol. The molecule has 0 aromatic heterocycles. The lowest BCUT2D eigenvalue weighted by Gasteiger charge is -2.39. The number of rotatable bonds is 6. The lowest BCUT2D eigenvalue weighted by atomic mass is 10.8. The quantitative estimate of drug-likeness (QED) is 0.588. The lowest BCUT2D eigenvalue weighted by molar-refractivity contribution is 0.128. The summed E-state index contributed by atoms with van der Waals surface area (Å²) in [4.78, 5) is 0. The molecule has 0 aromatic rings. The van der Waals surface area contributed by atoms with Crippen LogP contribution in [0.2, 0.25) is 0 Å². The number of nitrogens with zero attached hydrogens (tertiary/aromatic N) is 3. The van der Waals surface area contributed by atoms with E-state index in [9.17, 15) is 25.3 Å². The number of hydrogen-bond donors (Lipinski definition) is 0. The highest BCUT2D eigenvalue weighted by atomic mass is 32.2. The molecular weight excluding hydrogens is 342 g/mol. The maximum Gasteiger partial charge on any atom is 0.216 e. The predicted octanol–water partition coefficient (Wildman–Crippen LogP) is -1.17. The Morgan fingerprint density at radius 2 is 0.762 bits per heavy atom. The molecule has 9 nitrogen and oxygen atoms in total. The molecule has 0 unspecified atom stereocenters. The van der Waals surface area contributed by atoms with Crippen LogP contribution in [-0.2, 0) is 30.1 Å². The van der Waals surface area contributed by atoms with E-state index in [1.165, 1.54) is 20.8 Å². The summed E-state index contributed by atoms with van der Waals surface area (Å²) in [5.41, 5.74) is 0. The van der Waals surface area contributed by atoms with Crippen LogP contribution in [0.4, 0.5) is 0 Å². The summed E-state index contributed by atoms with van der Waals surface area (Å²) in [6, 6.07) is 0. The first-order valence-electron chi connectivity index (χ1n) is 6.43. The molecule has 0 aromatic carbocycles. The maximum absolute atomic E-state index is 12.0. The van der Waals surface area contributed by atoms with Gasteiger partial charge in [-0.05, 0) is 20.8 Å². The SMILES string of the molecule is CCS(=O)(=O)N1CN(S(=O)(=O)CC)CN(S(=O)(=O)CC)C1. The van der Waals surface area contributed by atoms with E-state index in [1.54, 1.807) is 0 Å². The van der Waals surface area contributed by atoms with Crippen molar-refractivity contribution < 1.29 is 25.3 Å². The van der Waals surface area contributed by atoms with Gasteiger partial charge in [0.05, 0.1) is 37.3 Å². The molecule has 12 heteroatoms. The molecule has 0 atom stereocenters. The molecule has 0 amide bonds. The molecule has 1 rings (SSSR count). The van der Waals surface area contributed by atoms with Crippen LogP contribution in [0, 0.1) is 0 Å². The van der Waals surface area contributed by atoms with Crippen LogP contribution in [0.5, 0.6) is 0 Å². The van der Waals surface area contributed by atoms with E-state index < -0.39 is 30.1 Å². The van der Waals surface area contributed by atoms with Crippen molar-refractivity contribution >= 4 is 30.1 Å². The van der Waals surface area contributed by atoms with Crippen LogP contribution in [-0.4, -0.2) is 75.4 Å². The van der Waals surface area contributed by atoms with Crippen LogP contribution in [0.3, 0.4) is 0 Å². The highest BCUT2D eigenvalue weighted by Crippen LogP contribution is 2.18. The van der Waals surface area contributed by atoms with Crippen molar-refractivity contribution in [3.05, 3.63) is 0 Å². The molecule has 0 bridgehead atoms. The predicted molar refractivity (Wildman–Crippen MR) is 78.5 cm³/mol. The van der Waals surface area contributed by atoms with Crippen LogP contribution >= 0.6 is 0 Å². The molecule has 1 heterocycles. The number of sulfonamides is 3. The van der Waals surface area contributed by atoms with Crippen molar-refractivity contribution in [2.24, 2.45) is 0 Å². The Bertz CT molecular complexity index is 568. The second kappa shape index (κ2) is 6.46. The van der Waals surface area contributed by atoms with E-state index in [0.29, 0.717) is 0 Å². The first-order chi connectivity index (χ1) is 9.50. The second-order valence-electron chi connectivity index (χ2n) is 4.48. The topological polar surface area (TPSA) is 112 Å². The van der Waals surface area contributed by atoms with E-state index in [4.69, 9.17) is 0 Å². The third-order valence-electron chi connectivity index (χ3n) is 3.22. The van der Waals surface area contributed by atoms with Gasteiger partial charge < -0.3 is 0 Å². The fraction of sp³-hybridized carbons (Fsp3) is 1.00. The van der Waals surface area contributed by atoms with Crippen molar-refractivity contribution in [2.75, 3.05) is 37.3 Å². The van der Waals surface area contributed by atoms with E-state index in [2.05, 4.69) is 0 Å². The molecule has 0 N–H and O–H groups in total. The van der Waals surface area contributed by atoms with Gasteiger partial charge in [-0.3, -0.25) is 0 Å². The Morgan fingerprint density at radius 1 is 0.571 bits per heavy atom. The lowest BCUT2D eigenvalue weighted by Crippen LogP contribution is -2.59. The summed E-state index contributed by atoms with van der Waals surface area (Å²) in [6.07, 6.45) is 0. The minimum Gasteiger partial charge on any atom is -0.212 e. The van der Waals surface area contributed by atoms with Crippen LogP contribution < -0.4 is 0 Å². The van der Waals surface area contributed by atoms with E-state index in [-0.39, 0.29) is 37.3 Å². The molecular formula is C9H21N3O6S3. The average molecular weight is 363 g/mol. The Labute approximate surface area is 126 Å². The average Bonchev–Trinajstić information content (AvgIpc) is 2.46. The van der Waals surface area contributed by atoms with Gasteiger partial charge in [0.25, 0.3) is 0 Å². The smallest absolute Gasteiger partial charge is 0.212 e. The Balaban J connectivity index is 3.23. The second-order valence-corrected chi connectivity index (χ2v) is 11.3. The molecule has 0 saturated carbocycles. The summed E-state index contributed by atoms with van der Waals surface area (Å²) in [6.45, 7) is 3.18. The molecule has 1 saturated heterocycles. The molecule has 0 spiro atoms. The zero-order valence-electron chi connectivity index (χ0n) is 12.3. The standard InChI is InChI=1S/C9H21N3O6S3/c1-4-19(13,14)10-7-11(20(15,16)5-2)9-12(8-10)21(17,18)6-3/h4-9H2,1-3H3. The Hall–Kier alpha value is -0.270. The third kappa shape index (κ3) is 4.13. The van der Waals surface area contributed by atoms with Gasteiger partial charge >= 0.3 is 0 Å². The maximum atomic E-state index is 12.0. The van der Waals surface area contributed by atoms with Gasteiger partial charge in [0.1, 0.15) is 0 Å². The largest absolute Gasteiger partial charge is 0.216 e. The molecule has 0 aliphatic carbocycles. The van der Waals surface area contributed by atoms with E-state index in [1.807, 2.05) is 0 Å². The van der Waals surface area contributed by atoms with Crippen molar-refractivity contribution in [1.82, 2.24) is 12.9 Å². The summed E-state index contributed by atoms with van der Waals surface area (Å²) in [5.74, 6) is -0.687. The van der Waals surface area contributed by atoms with Crippen LogP contribution in [0.15, 0.2) is 0 Å². The highest BCUT2D eigenvalue weighted by Gasteiger charge is 2.39. The zero-order valence-corrected chi connectivity index (χ0v) is 14.7. The molecule has 0 radical (unpaired) electrons. The van der Waals surface area contributed by atoms with Gasteiger partial charge in [0, 0.05) is 0 Å². The number of hydrogen-bond acceptors (Lipinski definition) is 6. The first-order valence-corrected chi connectivity index (χ1v) is 11.3. The molecule has 126 valence electrons. The molecule has 1 aliphatic rings. The molecule has 1 aliphatic heterocycles. The van der Waals surface area contributed by atoms with Gasteiger partial charge in [-0.1, -0.05) is 0 Å². The van der Waals surface area contributed by atoms with Crippen LogP contribution in [0.1, 0.15) is 20.8 Å². The van der Waals surface area contributed by atoms with Gasteiger partial charge in [0.2, 0.25) is 30.1 Å². The molecule has 21 heavy (non-hydrogen) atoms. The summed E-state index contributed by atoms with van der Waals surface area (Å²) >= 11 is 0. The van der Waals surface area contributed by atoms with E-state index >= 15 is 0 Å². The zero-order chi connectivity index (χ0) is 16.5. The minimum atomic E-state index is -3.70. The fourth-order valence-electron chi connectivity index (χ4n) is 1.74. The summed E-state index contributed by atoms with van der Waals surface area (Å²) in [5, 5.41) is 0. The first kappa shape index (κ1) is 18.8.